The molecule has 3 heteroatoms. The third-order valence-corrected chi connectivity index (χ3v) is 8.36. The minimum absolute atomic E-state index is 0.124. The largest absolute Gasteiger partial charge is 0.483 e. The van der Waals surface area contributed by atoms with Crippen LogP contribution < -0.4 is 4.74 Å². The quantitative estimate of drug-likeness (QED) is 0.415. The maximum absolute atomic E-state index is 14.9. The van der Waals surface area contributed by atoms with Gasteiger partial charge in [-0.25, -0.2) is 8.78 Å². The summed E-state index contributed by atoms with van der Waals surface area (Å²) in [5, 5.41) is 0. The van der Waals surface area contributed by atoms with Crippen molar-refractivity contribution in [2.75, 3.05) is 6.61 Å². The van der Waals surface area contributed by atoms with E-state index >= 15 is 0 Å². The summed E-state index contributed by atoms with van der Waals surface area (Å²) in [6, 6.07) is 1.54. The highest BCUT2D eigenvalue weighted by Gasteiger charge is 2.39. The molecule has 0 aromatic heterocycles. The van der Waals surface area contributed by atoms with E-state index in [2.05, 4.69) is 13.5 Å². The van der Waals surface area contributed by atoms with Crippen LogP contribution in [-0.4, -0.2) is 6.61 Å². The molecule has 0 spiro atoms. The summed E-state index contributed by atoms with van der Waals surface area (Å²) in [5.41, 5.74) is 1.55. The lowest BCUT2D eigenvalue weighted by Gasteiger charge is -2.45. The molecule has 2 saturated carbocycles. The van der Waals surface area contributed by atoms with Gasteiger partial charge in [0.1, 0.15) is 6.61 Å². The number of halogens is 2. The molecule has 0 radical (unpaired) electrons. The summed E-state index contributed by atoms with van der Waals surface area (Å²) >= 11 is 0. The fourth-order valence-corrected chi connectivity index (χ4v) is 6.74. The Morgan fingerprint density at radius 2 is 1.77 bits per heavy atom. The van der Waals surface area contributed by atoms with E-state index in [4.69, 9.17) is 4.74 Å². The summed E-state index contributed by atoms with van der Waals surface area (Å²) in [4.78, 5) is 0. The summed E-state index contributed by atoms with van der Waals surface area (Å²) in [6.07, 6.45) is 16.5. The lowest BCUT2D eigenvalue weighted by molar-refractivity contribution is 0.0689. The predicted octanol–water partition coefficient (Wildman–Crippen LogP) is 7.66. The number of ether oxygens (including phenoxy) is 1. The summed E-state index contributed by atoms with van der Waals surface area (Å²) in [7, 11) is 0. The van der Waals surface area contributed by atoms with E-state index in [1.165, 1.54) is 69.9 Å². The van der Waals surface area contributed by atoms with Crippen LogP contribution in [0.1, 0.15) is 82.3 Å². The Hall–Kier alpha value is -1.38. The van der Waals surface area contributed by atoms with Crippen LogP contribution in [0.2, 0.25) is 0 Å². The van der Waals surface area contributed by atoms with Gasteiger partial charge in [-0.1, -0.05) is 45.3 Å². The SMILES string of the molecule is C=CCOc1c(F)cc2c(c1F)CCC(C1CCC3CC(CCCC)CCC3C1)C2. The minimum atomic E-state index is -0.567. The predicted molar refractivity (Wildman–Crippen MR) is 119 cm³/mol. The molecule has 1 aromatic rings. The van der Waals surface area contributed by atoms with Crippen molar-refractivity contribution >= 4 is 0 Å². The van der Waals surface area contributed by atoms with Crippen LogP contribution in [-0.2, 0) is 12.8 Å². The van der Waals surface area contributed by atoms with Crippen molar-refractivity contribution in [2.24, 2.45) is 29.6 Å². The zero-order valence-electron chi connectivity index (χ0n) is 18.6. The molecule has 5 atom stereocenters. The normalized spacial score (nSPS) is 31.0. The molecule has 1 aromatic carbocycles. The van der Waals surface area contributed by atoms with Gasteiger partial charge in [0.2, 0.25) is 0 Å². The van der Waals surface area contributed by atoms with E-state index in [0.717, 1.165) is 42.1 Å². The van der Waals surface area contributed by atoms with E-state index in [1.807, 2.05) is 0 Å². The smallest absolute Gasteiger partial charge is 0.191 e. The van der Waals surface area contributed by atoms with Crippen molar-refractivity contribution in [3.63, 3.8) is 0 Å². The van der Waals surface area contributed by atoms with Gasteiger partial charge in [0.25, 0.3) is 0 Å². The van der Waals surface area contributed by atoms with Gasteiger partial charge in [-0.3, -0.25) is 0 Å². The van der Waals surface area contributed by atoms with Gasteiger partial charge in [-0.05, 0) is 98.1 Å². The monoisotopic (exact) mass is 416 g/mol. The second-order valence-corrected chi connectivity index (χ2v) is 10.2. The number of fused-ring (bicyclic) bond motifs is 2. The summed E-state index contributed by atoms with van der Waals surface area (Å²) in [5.74, 6) is 2.82. The molecular weight excluding hydrogens is 378 g/mol. The summed E-state index contributed by atoms with van der Waals surface area (Å²) < 4.78 is 34.6. The number of benzene rings is 1. The molecule has 0 amide bonds. The Balaban J connectivity index is 1.38. The topological polar surface area (TPSA) is 9.23 Å². The fraction of sp³-hybridized carbons (Fsp3) is 0.704. The first-order valence-electron chi connectivity index (χ1n) is 12.3. The highest BCUT2D eigenvalue weighted by molar-refractivity contribution is 5.41. The van der Waals surface area contributed by atoms with Gasteiger partial charge in [-0.15, -0.1) is 0 Å². The van der Waals surface area contributed by atoms with Crippen molar-refractivity contribution in [1.82, 2.24) is 0 Å². The van der Waals surface area contributed by atoms with Gasteiger partial charge in [0.15, 0.2) is 17.4 Å². The zero-order chi connectivity index (χ0) is 21.1. The molecule has 0 aliphatic heterocycles. The maximum Gasteiger partial charge on any atom is 0.191 e. The molecule has 4 rings (SSSR count). The number of hydrogen-bond donors (Lipinski definition) is 0. The molecule has 0 bridgehead atoms. The molecule has 5 unspecified atom stereocenters. The van der Waals surface area contributed by atoms with Gasteiger partial charge in [0, 0.05) is 0 Å². The van der Waals surface area contributed by atoms with Crippen molar-refractivity contribution in [2.45, 2.75) is 84.0 Å². The Kier molecular flexibility index (Phi) is 7.16. The van der Waals surface area contributed by atoms with Gasteiger partial charge in [-0.2, -0.15) is 0 Å². The van der Waals surface area contributed by atoms with E-state index in [9.17, 15) is 8.78 Å². The van der Waals surface area contributed by atoms with E-state index in [0.29, 0.717) is 17.9 Å². The van der Waals surface area contributed by atoms with Crippen molar-refractivity contribution in [3.05, 3.63) is 41.5 Å². The number of hydrogen-bond acceptors (Lipinski definition) is 1. The van der Waals surface area contributed by atoms with E-state index in [-0.39, 0.29) is 12.4 Å². The minimum Gasteiger partial charge on any atom is -0.483 e. The van der Waals surface area contributed by atoms with Crippen LogP contribution in [0.5, 0.6) is 5.75 Å². The fourth-order valence-electron chi connectivity index (χ4n) is 6.74. The Morgan fingerprint density at radius 1 is 1.03 bits per heavy atom. The molecule has 1 nitrogen and oxygen atoms in total. The Bertz CT molecular complexity index is 743. The number of unbranched alkanes of at least 4 members (excludes halogenated alkanes) is 1. The average Bonchev–Trinajstić information content (AvgIpc) is 2.76. The van der Waals surface area contributed by atoms with E-state index in [1.54, 1.807) is 0 Å². The third-order valence-electron chi connectivity index (χ3n) is 8.36. The van der Waals surface area contributed by atoms with Crippen molar-refractivity contribution < 1.29 is 13.5 Å². The first-order valence-corrected chi connectivity index (χ1v) is 12.3. The van der Waals surface area contributed by atoms with Crippen LogP contribution in [0.25, 0.3) is 0 Å². The first-order chi connectivity index (χ1) is 14.6. The van der Waals surface area contributed by atoms with Crippen LogP contribution in [0, 0.1) is 41.2 Å². The lowest BCUT2D eigenvalue weighted by atomic mass is 9.61. The summed E-state index contributed by atoms with van der Waals surface area (Å²) in [6.45, 7) is 5.98. The molecule has 166 valence electrons. The number of rotatable bonds is 7. The van der Waals surface area contributed by atoms with Crippen molar-refractivity contribution in [1.29, 1.82) is 0 Å². The molecule has 2 fully saturated rings. The highest BCUT2D eigenvalue weighted by Crippen LogP contribution is 2.49. The van der Waals surface area contributed by atoms with Crippen LogP contribution >= 0.6 is 0 Å². The van der Waals surface area contributed by atoms with Crippen molar-refractivity contribution in [3.8, 4) is 5.75 Å². The Morgan fingerprint density at radius 3 is 2.53 bits per heavy atom. The molecule has 3 aliphatic rings. The van der Waals surface area contributed by atoms with E-state index < -0.39 is 11.6 Å². The van der Waals surface area contributed by atoms with Crippen LogP contribution in [0.3, 0.4) is 0 Å². The lowest BCUT2D eigenvalue weighted by Crippen LogP contribution is -2.35. The molecule has 30 heavy (non-hydrogen) atoms. The zero-order valence-corrected chi connectivity index (χ0v) is 18.6. The second kappa shape index (κ2) is 9.83. The van der Waals surface area contributed by atoms with Crippen LogP contribution in [0.15, 0.2) is 18.7 Å². The molecule has 0 heterocycles. The van der Waals surface area contributed by atoms with Gasteiger partial charge >= 0.3 is 0 Å². The Labute approximate surface area is 181 Å². The molecule has 3 aliphatic carbocycles. The third kappa shape index (κ3) is 4.60. The molecule has 0 saturated heterocycles. The second-order valence-electron chi connectivity index (χ2n) is 10.2. The standard InChI is InChI=1S/C27H38F2O/c1-3-5-6-18-7-8-20-15-21(10-9-19(20)14-18)22-11-12-24-23(16-22)17-25(28)27(26(24)29)30-13-4-2/h4,17-22H,2-3,5-16H2,1H3. The highest BCUT2D eigenvalue weighted by atomic mass is 19.1. The average molecular weight is 417 g/mol. The van der Waals surface area contributed by atoms with Gasteiger partial charge < -0.3 is 4.74 Å². The molecular formula is C27H38F2O. The van der Waals surface area contributed by atoms with Crippen LogP contribution in [0.4, 0.5) is 8.78 Å². The maximum atomic E-state index is 14.9. The first kappa shape index (κ1) is 21.8. The molecule has 0 N–H and O–H groups in total. The van der Waals surface area contributed by atoms with Gasteiger partial charge in [0.05, 0.1) is 0 Å².